The highest BCUT2D eigenvalue weighted by Gasteiger charge is 1.85. The molecule has 0 atom stereocenters. The Morgan fingerprint density at radius 2 is 1.12 bits per heavy atom. The minimum absolute atomic E-state index is 0.895. The number of allylic oxidation sites excluding steroid dienone is 2. The minimum atomic E-state index is 0.895. The predicted octanol–water partition coefficient (Wildman–Crippen LogP) is 6.63. The molecule has 0 unspecified atom stereocenters. The molecule has 0 aromatic heterocycles. The number of hydrogen-bond acceptors (Lipinski definition) is 0. The molecular weight excluding hydrogens is 223 g/mol. The average Bonchev–Trinajstić information content (AvgIpc) is 2.35. The summed E-state index contributed by atoms with van der Waals surface area (Å²) in [6.07, 6.45) is 18.3. The topological polar surface area (TPSA) is 0 Å². The molecule has 0 bridgehead atoms. The Morgan fingerprint density at radius 1 is 0.647 bits per heavy atom. The van der Waals surface area contributed by atoms with Crippen LogP contribution in [0.1, 0.15) is 78.1 Å². The average molecular weight is 254 g/mol. The molecule has 1 heteroatoms. The van der Waals surface area contributed by atoms with E-state index < -0.39 is 0 Å². The fourth-order valence-electron chi connectivity index (χ4n) is 1.74. The molecule has 100 valence electrons. The summed E-state index contributed by atoms with van der Waals surface area (Å²) >= 11 is 0. The zero-order valence-electron chi connectivity index (χ0n) is 11.9. The van der Waals surface area contributed by atoms with Gasteiger partial charge in [-0.1, -0.05) is 84.7 Å². The van der Waals surface area contributed by atoms with Gasteiger partial charge >= 0.3 is 0 Å². The third kappa shape index (κ3) is 15.9. The van der Waals surface area contributed by atoms with Gasteiger partial charge in [0.1, 0.15) is 0 Å². The van der Waals surface area contributed by atoms with Gasteiger partial charge in [-0.25, -0.2) is 0 Å². The lowest BCUT2D eigenvalue weighted by Crippen LogP contribution is -1.73. The van der Waals surface area contributed by atoms with E-state index in [1.807, 2.05) is 0 Å². The third-order valence-corrected chi connectivity index (χ3v) is 3.73. The summed E-state index contributed by atoms with van der Waals surface area (Å²) in [5.74, 6) is 4.68. The Kier molecular flexibility index (Phi) is 15.8. The fraction of sp³-hybridized carbons (Fsp3) is 0.750. The van der Waals surface area contributed by atoms with Gasteiger partial charge in [-0.2, -0.15) is 0 Å². The summed E-state index contributed by atoms with van der Waals surface area (Å²) in [6, 6.07) is 0. The Labute approximate surface area is 111 Å². The van der Waals surface area contributed by atoms with Crippen LogP contribution in [-0.4, -0.2) is 0 Å². The van der Waals surface area contributed by atoms with Gasteiger partial charge in [-0.05, 0) is 25.7 Å². The van der Waals surface area contributed by atoms with Crippen molar-refractivity contribution in [2.45, 2.75) is 78.1 Å². The Balaban J connectivity index is 3.14. The van der Waals surface area contributed by atoms with Crippen LogP contribution in [0.5, 0.6) is 0 Å². The van der Waals surface area contributed by atoms with Crippen molar-refractivity contribution in [3.8, 4) is 0 Å². The number of hydrogen-bond donors (Lipinski definition) is 0. The van der Waals surface area contributed by atoms with Gasteiger partial charge < -0.3 is 0 Å². The van der Waals surface area contributed by atoms with Crippen LogP contribution in [0.2, 0.25) is 0 Å². The van der Waals surface area contributed by atoms with Gasteiger partial charge in [-0.3, -0.25) is 0 Å². The van der Waals surface area contributed by atoms with E-state index in [0.717, 1.165) is 8.58 Å². The lowest BCUT2D eigenvalue weighted by molar-refractivity contribution is 0.674. The molecule has 0 spiro atoms. The molecule has 0 aromatic rings. The predicted molar refractivity (Wildman–Crippen MR) is 84.1 cm³/mol. The second kappa shape index (κ2) is 15.9. The van der Waals surface area contributed by atoms with Crippen molar-refractivity contribution in [2.24, 2.45) is 0 Å². The van der Waals surface area contributed by atoms with Crippen LogP contribution >= 0.6 is 8.58 Å². The highest BCUT2D eigenvalue weighted by atomic mass is 31.1. The molecule has 0 radical (unpaired) electrons. The first-order chi connectivity index (χ1) is 8.41. The highest BCUT2D eigenvalue weighted by Crippen LogP contribution is 2.16. The minimum Gasteiger partial charge on any atom is -0.0840 e. The van der Waals surface area contributed by atoms with E-state index in [1.54, 1.807) is 0 Å². The van der Waals surface area contributed by atoms with Gasteiger partial charge in [0.2, 0.25) is 0 Å². The normalized spacial score (nSPS) is 12.6. The molecule has 17 heavy (non-hydrogen) atoms. The lowest BCUT2D eigenvalue weighted by Gasteiger charge is -1.94. The van der Waals surface area contributed by atoms with Crippen molar-refractivity contribution in [2.75, 3.05) is 0 Å². The molecule has 0 aromatic carbocycles. The number of unbranched alkanes of at least 4 members (excludes halogenated alkanes) is 8. The van der Waals surface area contributed by atoms with Crippen molar-refractivity contribution in [3.05, 3.63) is 23.8 Å². The quantitative estimate of drug-likeness (QED) is 0.271. The van der Waals surface area contributed by atoms with Crippen molar-refractivity contribution >= 4 is 8.58 Å². The fourth-order valence-corrected chi connectivity index (χ4v) is 2.45. The maximum Gasteiger partial charge on any atom is -0.0347 e. The number of rotatable bonds is 12. The lowest BCUT2D eigenvalue weighted by atomic mass is 10.2. The highest BCUT2D eigenvalue weighted by molar-refractivity contribution is 7.45. The zero-order chi connectivity index (χ0) is 12.6. The van der Waals surface area contributed by atoms with Crippen LogP contribution in [0.4, 0.5) is 0 Å². The van der Waals surface area contributed by atoms with Crippen LogP contribution < -0.4 is 0 Å². The van der Waals surface area contributed by atoms with Crippen molar-refractivity contribution in [1.29, 1.82) is 0 Å². The maximum absolute atomic E-state index is 2.36. The van der Waals surface area contributed by atoms with Crippen molar-refractivity contribution < 1.29 is 0 Å². The first-order valence-corrected chi connectivity index (χ1v) is 8.63. The standard InChI is InChI=1S/C16H31P/c1-3-5-7-9-11-13-15-17-16-14-12-10-8-6-4-2/h13-17H,3-12H2,1-2H3. The summed E-state index contributed by atoms with van der Waals surface area (Å²) in [7, 11) is 0.895. The molecule has 0 aliphatic carbocycles. The first kappa shape index (κ1) is 16.9. The van der Waals surface area contributed by atoms with Crippen LogP contribution in [0.3, 0.4) is 0 Å². The van der Waals surface area contributed by atoms with Crippen LogP contribution in [-0.2, 0) is 0 Å². The molecule has 0 fully saturated rings. The monoisotopic (exact) mass is 254 g/mol. The third-order valence-electron chi connectivity index (χ3n) is 2.88. The van der Waals surface area contributed by atoms with Crippen LogP contribution in [0.25, 0.3) is 0 Å². The van der Waals surface area contributed by atoms with Gasteiger partial charge in [0.15, 0.2) is 0 Å². The molecule has 0 rings (SSSR count). The van der Waals surface area contributed by atoms with Crippen LogP contribution in [0.15, 0.2) is 23.8 Å². The molecule has 0 saturated heterocycles. The molecule has 0 aliphatic heterocycles. The van der Waals surface area contributed by atoms with E-state index >= 15 is 0 Å². The Morgan fingerprint density at radius 3 is 1.53 bits per heavy atom. The van der Waals surface area contributed by atoms with Crippen molar-refractivity contribution in [1.82, 2.24) is 0 Å². The summed E-state index contributed by atoms with van der Waals surface area (Å²) in [4.78, 5) is 0. The zero-order valence-corrected chi connectivity index (χ0v) is 12.9. The van der Waals surface area contributed by atoms with E-state index in [-0.39, 0.29) is 0 Å². The second-order valence-electron chi connectivity index (χ2n) is 4.67. The van der Waals surface area contributed by atoms with Crippen LogP contribution in [0, 0.1) is 0 Å². The molecule has 0 heterocycles. The SMILES string of the molecule is CCCCCCC=CPC=CCCCCCC. The largest absolute Gasteiger partial charge is 0.0840 e. The molecule has 0 N–H and O–H groups in total. The summed E-state index contributed by atoms with van der Waals surface area (Å²) < 4.78 is 0. The molecular formula is C16H31P. The second-order valence-corrected chi connectivity index (χ2v) is 5.67. The summed E-state index contributed by atoms with van der Waals surface area (Å²) in [5, 5.41) is 0. The molecule has 0 saturated carbocycles. The van der Waals surface area contributed by atoms with E-state index in [9.17, 15) is 0 Å². The van der Waals surface area contributed by atoms with E-state index in [4.69, 9.17) is 0 Å². The summed E-state index contributed by atoms with van der Waals surface area (Å²) in [5.41, 5.74) is 0. The van der Waals surface area contributed by atoms with Gasteiger partial charge in [0, 0.05) is 0 Å². The molecule has 0 amide bonds. The van der Waals surface area contributed by atoms with E-state index in [2.05, 4.69) is 37.6 Å². The first-order valence-electron chi connectivity index (χ1n) is 7.47. The van der Waals surface area contributed by atoms with Gasteiger partial charge in [-0.15, -0.1) is 0 Å². The van der Waals surface area contributed by atoms with Crippen molar-refractivity contribution in [3.63, 3.8) is 0 Å². The molecule has 0 aliphatic rings. The van der Waals surface area contributed by atoms with E-state index in [0.29, 0.717) is 0 Å². The molecule has 0 nitrogen and oxygen atoms in total. The summed E-state index contributed by atoms with van der Waals surface area (Å²) in [6.45, 7) is 4.53. The van der Waals surface area contributed by atoms with Gasteiger partial charge in [0.05, 0.1) is 0 Å². The maximum atomic E-state index is 2.36. The van der Waals surface area contributed by atoms with E-state index in [1.165, 1.54) is 64.2 Å². The van der Waals surface area contributed by atoms with Gasteiger partial charge in [0.25, 0.3) is 0 Å². The smallest absolute Gasteiger partial charge is 0.0347 e. The Bertz CT molecular complexity index is 162. The Hall–Kier alpha value is -0.0900.